The minimum atomic E-state index is -2.49. The number of alkyl halides is 2. The summed E-state index contributed by atoms with van der Waals surface area (Å²) >= 11 is 0.441. The van der Waals surface area contributed by atoms with E-state index in [1.165, 1.54) is 12.1 Å². The van der Waals surface area contributed by atoms with Gasteiger partial charge in [0.25, 0.3) is 5.76 Å². The number of aryl methyl sites for hydroxylation is 2. The van der Waals surface area contributed by atoms with Crippen LogP contribution in [0.3, 0.4) is 0 Å². The van der Waals surface area contributed by atoms with Gasteiger partial charge in [-0.3, -0.25) is 9.59 Å². The Balaban J connectivity index is 1.62. The minimum absolute atomic E-state index is 0.0499. The van der Waals surface area contributed by atoms with E-state index in [1.54, 1.807) is 12.1 Å². The third-order valence-electron chi connectivity index (χ3n) is 4.29. The fourth-order valence-corrected chi connectivity index (χ4v) is 3.27. The second-order valence-electron chi connectivity index (χ2n) is 6.32. The topological polar surface area (TPSA) is 70.2 Å². The van der Waals surface area contributed by atoms with Crippen molar-refractivity contribution in [2.45, 2.75) is 37.0 Å². The van der Waals surface area contributed by atoms with Gasteiger partial charge in [-0.05, 0) is 61.4 Å². The van der Waals surface area contributed by atoms with Gasteiger partial charge in [-0.1, -0.05) is 11.8 Å². The molecule has 1 aliphatic heterocycles. The molecule has 27 heavy (non-hydrogen) atoms. The highest BCUT2D eigenvalue weighted by Crippen LogP contribution is 2.30. The summed E-state index contributed by atoms with van der Waals surface area (Å²) in [7, 11) is 0. The van der Waals surface area contributed by atoms with Gasteiger partial charge >= 0.3 is 0 Å². The van der Waals surface area contributed by atoms with Crippen molar-refractivity contribution in [3.05, 3.63) is 47.5 Å². The van der Waals surface area contributed by atoms with Crippen molar-refractivity contribution in [1.29, 1.82) is 0 Å². The van der Waals surface area contributed by atoms with Crippen molar-refractivity contribution < 1.29 is 18.4 Å². The molecule has 0 fully saturated rings. The van der Waals surface area contributed by atoms with Crippen LogP contribution in [-0.4, -0.2) is 23.6 Å². The summed E-state index contributed by atoms with van der Waals surface area (Å²) in [6.45, 7) is 3.94. The van der Waals surface area contributed by atoms with Crippen molar-refractivity contribution in [1.82, 2.24) is 0 Å². The van der Waals surface area contributed by atoms with E-state index in [4.69, 9.17) is 0 Å². The zero-order chi connectivity index (χ0) is 19.6. The first kappa shape index (κ1) is 19.2. The summed E-state index contributed by atoms with van der Waals surface area (Å²) in [5, 5.41) is 8.60. The average molecular weight is 391 g/mol. The van der Waals surface area contributed by atoms with Crippen LogP contribution in [0.1, 0.15) is 17.5 Å². The monoisotopic (exact) mass is 391 g/mol. The molecule has 2 aromatic rings. The second-order valence-corrected chi connectivity index (χ2v) is 7.39. The van der Waals surface area contributed by atoms with E-state index in [1.807, 2.05) is 26.0 Å². The van der Waals surface area contributed by atoms with Crippen molar-refractivity contribution in [2.75, 3.05) is 16.0 Å². The van der Waals surface area contributed by atoms with Crippen LogP contribution in [0.2, 0.25) is 0 Å². The summed E-state index contributed by atoms with van der Waals surface area (Å²) in [4.78, 5) is 24.9. The normalized spacial score (nSPS) is 15.7. The van der Waals surface area contributed by atoms with Crippen molar-refractivity contribution in [3.63, 3.8) is 0 Å². The van der Waals surface area contributed by atoms with Crippen LogP contribution < -0.4 is 16.0 Å². The Labute approximate surface area is 159 Å². The van der Waals surface area contributed by atoms with E-state index < -0.39 is 11.8 Å². The molecule has 0 aromatic heterocycles. The van der Waals surface area contributed by atoms with Crippen LogP contribution in [0.25, 0.3) is 0 Å². The highest BCUT2D eigenvalue weighted by atomic mass is 32.2. The first-order chi connectivity index (χ1) is 12.8. The molecule has 8 heteroatoms. The number of anilines is 3. The van der Waals surface area contributed by atoms with E-state index >= 15 is 0 Å². The third-order valence-corrected chi connectivity index (χ3v) is 5.01. The Bertz CT molecular complexity index is 872. The number of carbonyl (C=O) groups is 2. The summed E-state index contributed by atoms with van der Waals surface area (Å²) in [6, 6.07) is 9.28. The molecule has 142 valence electrons. The number of fused-ring (bicyclic) bond motifs is 1. The first-order valence-electron chi connectivity index (χ1n) is 8.35. The molecule has 3 rings (SSSR count). The van der Waals surface area contributed by atoms with Gasteiger partial charge in [-0.2, -0.15) is 8.78 Å². The first-order valence-corrected chi connectivity index (χ1v) is 9.23. The number of rotatable bonds is 5. The van der Waals surface area contributed by atoms with E-state index in [-0.39, 0.29) is 18.2 Å². The van der Waals surface area contributed by atoms with Crippen molar-refractivity contribution in [3.8, 4) is 0 Å². The number of benzene rings is 2. The quantitative estimate of drug-likeness (QED) is 0.662. The van der Waals surface area contributed by atoms with Gasteiger partial charge in [0.15, 0.2) is 0 Å². The van der Waals surface area contributed by atoms with Gasteiger partial charge in [0, 0.05) is 10.6 Å². The molecule has 0 radical (unpaired) electrons. The predicted molar refractivity (Wildman–Crippen MR) is 104 cm³/mol. The van der Waals surface area contributed by atoms with Gasteiger partial charge in [0.1, 0.15) is 6.04 Å². The Morgan fingerprint density at radius 1 is 1.15 bits per heavy atom. The molecule has 0 bridgehead atoms. The lowest BCUT2D eigenvalue weighted by Crippen LogP contribution is -2.41. The number of amides is 2. The number of thioether (sulfide) groups is 1. The van der Waals surface area contributed by atoms with Crippen LogP contribution in [0, 0.1) is 13.8 Å². The van der Waals surface area contributed by atoms with Crippen LogP contribution in [-0.2, 0) is 9.59 Å². The highest BCUT2D eigenvalue weighted by molar-refractivity contribution is 7.99. The summed E-state index contributed by atoms with van der Waals surface area (Å²) in [5.74, 6) is -3.11. The predicted octanol–water partition coefficient (Wildman–Crippen LogP) is 4.38. The van der Waals surface area contributed by atoms with Gasteiger partial charge < -0.3 is 16.0 Å². The second kappa shape index (κ2) is 7.96. The molecule has 0 spiro atoms. The molecule has 1 atom stereocenters. The number of halogens is 2. The molecule has 0 aliphatic carbocycles. The summed E-state index contributed by atoms with van der Waals surface area (Å²) in [6.07, 6.45) is -0.0499. The van der Waals surface area contributed by atoms with Gasteiger partial charge in [-0.25, -0.2) is 0 Å². The zero-order valence-electron chi connectivity index (χ0n) is 14.8. The lowest BCUT2D eigenvalue weighted by Gasteiger charge is -2.27. The molecule has 5 nitrogen and oxygen atoms in total. The number of carbonyl (C=O) groups excluding carboxylic acids is 2. The van der Waals surface area contributed by atoms with E-state index in [2.05, 4.69) is 16.0 Å². The van der Waals surface area contributed by atoms with Gasteiger partial charge in [-0.15, -0.1) is 0 Å². The smallest absolute Gasteiger partial charge is 0.288 e. The Hall–Kier alpha value is -2.61. The van der Waals surface area contributed by atoms with Crippen molar-refractivity contribution >= 4 is 40.6 Å². The van der Waals surface area contributed by atoms with E-state index in [0.29, 0.717) is 28.0 Å². The molecule has 1 heterocycles. The maximum absolute atomic E-state index is 12.3. The molecule has 3 N–H and O–H groups in total. The molecule has 2 aromatic carbocycles. The average Bonchev–Trinajstić information content (AvgIpc) is 2.59. The maximum Gasteiger partial charge on any atom is 0.288 e. The molecule has 0 saturated carbocycles. The molecule has 0 saturated heterocycles. The molecule has 2 amide bonds. The Morgan fingerprint density at radius 3 is 2.41 bits per heavy atom. The summed E-state index contributed by atoms with van der Waals surface area (Å²) in [5.41, 5.74) is 4.13. The SMILES string of the molecule is Cc1cc2c(cc1C)N[C@H](CC(=O)Nc1ccc(SC(F)F)cc1)C(=O)N2. The lowest BCUT2D eigenvalue weighted by atomic mass is 10.0. The fourth-order valence-electron chi connectivity index (χ4n) is 2.77. The van der Waals surface area contributed by atoms with Gasteiger partial charge in [0.05, 0.1) is 17.8 Å². The van der Waals surface area contributed by atoms with E-state index in [0.717, 1.165) is 16.8 Å². The van der Waals surface area contributed by atoms with Crippen LogP contribution in [0.15, 0.2) is 41.3 Å². The molecular formula is C19H19F2N3O2S. The van der Waals surface area contributed by atoms with Crippen LogP contribution in [0.5, 0.6) is 0 Å². The standard InChI is InChI=1S/C19H19F2N3O2S/c1-10-7-14-15(8-11(10)2)24-18(26)16(23-14)9-17(25)22-12-3-5-13(6-4-12)27-19(20)21/h3-8,16,19,23H,9H2,1-2H3,(H,22,25)(H,24,26)/t16-/m1/s1. The highest BCUT2D eigenvalue weighted by Gasteiger charge is 2.28. The largest absolute Gasteiger partial charge is 0.372 e. The molecule has 1 aliphatic rings. The molecule has 0 unspecified atom stereocenters. The van der Waals surface area contributed by atoms with Crippen LogP contribution >= 0.6 is 11.8 Å². The third kappa shape index (κ3) is 4.77. The van der Waals surface area contributed by atoms with Crippen LogP contribution in [0.4, 0.5) is 25.8 Å². The lowest BCUT2D eigenvalue weighted by molar-refractivity contribution is -0.122. The summed E-state index contributed by atoms with van der Waals surface area (Å²) < 4.78 is 24.7. The minimum Gasteiger partial charge on any atom is -0.372 e. The fraction of sp³-hybridized carbons (Fsp3) is 0.263. The maximum atomic E-state index is 12.3. The molecular weight excluding hydrogens is 372 g/mol. The van der Waals surface area contributed by atoms with Crippen molar-refractivity contribution in [2.24, 2.45) is 0 Å². The van der Waals surface area contributed by atoms with Gasteiger partial charge in [0.2, 0.25) is 11.8 Å². The zero-order valence-corrected chi connectivity index (χ0v) is 15.6. The number of hydrogen-bond acceptors (Lipinski definition) is 4. The Kier molecular flexibility index (Phi) is 5.65. The Morgan fingerprint density at radius 2 is 1.78 bits per heavy atom. The number of hydrogen-bond donors (Lipinski definition) is 3. The van der Waals surface area contributed by atoms with E-state index in [9.17, 15) is 18.4 Å². The number of nitrogens with one attached hydrogen (secondary N) is 3.